The van der Waals surface area contributed by atoms with Gasteiger partial charge in [-0.15, -0.1) is 0 Å². The van der Waals surface area contributed by atoms with Crippen molar-refractivity contribution in [3.05, 3.63) is 29.0 Å². The van der Waals surface area contributed by atoms with Gasteiger partial charge in [-0.25, -0.2) is 4.98 Å². The smallest absolute Gasteiger partial charge is 0.129 e. The van der Waals surface area contributed by atoms with Crippen LogP contribution in [0.3, 0.4) is 0 Å². The van der Waals surface area contributed by atoms with Crippen molar-refractivity contribution < 1.29 is 0 Å². The highest BCUT2D eigenvalue weighted by Gasteiger charge is 2.03. The molecule has 0 saturated carbocycles. The minimum atomic E-state index is 0.513. The van der Waals surface area contributed by atoms with Crippen molar-refractivity contribution in [1.29, 1.82) is 5.26 Å². The SMILES string of the molecule is CCN(CCC#N)Cc1ccc(Cl)nc1. The van der Waals surface area contributed by atoms with E-state index in [0.717, 1.165) is 25.2 Å². The molecule has 0 fully saturated rings. The molecule has 1 rings (SSSR count). The van der Waals surface area contributed by atoms with Crippen molar-refractivity contribution >= 4 is 11.6 Å². The zero-order valence-corrected chi connectivity index (χ0v) is 9.54. The summed E-state index contributed by atoms with van der Waals surface area (Å²) in [6.07, 6.45) is 2.34. The normalized spacial score (nSPS) is 10.3. The second-order valence-corrected chi connectivity index (χ2v) is 3.65. The Labute approximate surface area is 95.3 Å². The molecule has 0 spiro atoms. The molecule has 0 bridgehead atoms. The first-order valence-electron chi connectivity index (χ1n) is 4.96. The van der Waals surface area contributed by atoms with Gasteiger partial charge in [-0.3, -0.25) is 4.90 Å². The van der Waals surface area contributed by atoms with Gasteiger partial charge in [-0.05, 0) is 18.2 Å². The van der Waals surface area contributed by atoms with Crippen LogP contribution in [0.15, 0.2) is 18.3 Å². The lowest BCUT2D eigenvalue weighted by Gasteiger charge is -2.18. The maximum Gasteiger partial charge on any atom is 0.129 e. The third kappa shape index (κ3) is 4.28. The molecular formula is C11H14ClN3. The van der Waals surface area contributed by atoms with Gasteiger partial charge in [0.25, 0.3) is 0 Å². The maximum absolute atomic E-state index is 8.51. The first-order valence-corrected chi connectivity index (χ1v) is 5.33. The summed E-state index contributed by atoms with van der Waals surface area (Å²) < 4.78 is 0. The standard InChI is InChI=1S/C11H14ClN3/c1-2-15(7-3-6-13)9-10-4-5-11(12)14-8-10/h4-5,8H,2-3,7,9H2,1H3. The average molecular weight is 224 g/mol. The molecule has 0 aliphatic carbocycles. The van der Waals surface area contributed by atoms with Crippen LogP contribution in [0.25, 0.3) is 0 Å². The van der Waals surface area contributed by atoms with E-state index in [-0.39, 0.29) is 0 Å². The molecule has 0 aliphatic heterocycles. The predicted molar refractivity (Wildman–Crippen MR) is 60.4 cm³/mol. The van der Waals surface area contributed by atoms with Crippen LogP contribution in [0.4, 0.5) is 0 Å². The number of pyridine rings is 1. The first-order chi connectivity index (χ1) is 7.26. The molecule has 0 aromatic carbocycles. The fraction of sp³-hybridized carbons (Fsp3) is 0.455. The van der Waals surface area contributed by atoms with Crippen LogP contribution < -0.4 is 0 Å². The Bertz CT molecular complexity index is 329. The highest BCUT2D eigenvalue weighted by atomic mass is 35.5. The van der Waals surface area contributed by atoms with Gasteiger partial charge in [-0.1, -0.05) is 24.6 Å². The minimum Gasteiger partial charge on any atom is -0.298 e. The predicted octanol–water partition coefficient (Wildman–Crippen LogP) is 2.47. The van der Waals surface area contributed by atoms with E-state index >= 15 is 0 Å². The minimum absolute atomic E-state index is 0.513. The lowest BCUT2D eigenvalue weighted by atomic mass is 10.2. The Morgan fingerprint density at radius 1 is 1.53 bits per heavy atom. The summed E-state index contributed by atoms with van der Waals surface area (Å²) >= 11 is 5.70. The lowest BCUT2D eigenvalue weighted by molar-refractivity contribution is 0.286. The molecular weight excluding hydrogens is 210 g/mol. The summed E-state index contributed by atoms with van der Waals surface area (Å²) in [5.41, 5.74) is 1.12. The van der Waals surface area contributed by atoms with E-state index in [1.165, 1.54) is 0 Å². The third-order valence-electron chi connectivity index (χ3n) is 2.18. The van der Waals surface area contributed by atoms with Gasteiger partial charge < -0.3 is 0 Å². The number of hydrogen-bond donors (Lipinski definition) is 0. The van der Waals surface area contributed by atoms with Gasteiger partial charge in [0.15, 0.2) is 0 Å². The van der Waals surface area contributed by atoms with Crippen LogP contribution in [0.2, 0.25) is 5.15 Å². The summed E-state index contributed by atoms with van der Waals surface area (Å²) in [5.74, 6) is 0. The lowest BCUT2D eigenvalue weighted by Crippen LogP contribution is -2.23. The fourth-order valence-electron chi connectivity index (χ4n) is 1.32. The molecule has 3 nitrogen and oxygen atoms in total. The van der Waals surface area contributed by atoms with Gasteiger partial charge in [0.2, 0.25) is 0 Å². The van der Waals surface area contributed by atoms with Gasteiger partial charge in [0.1, 0.15) is 5.15 Å². The highest BCUT2D eigenvalue weighted by molar-refractivity contribution is 6.29. The van der Waals surface area contributed by atoms with Crippen molar-refractivity contribution in [2.75, 3.05) is 13.1 Å². The van der Waals surface area contributed by atoms with Crippen molar-refractivity contribution in [3.63, 3.8) is 0 Å². The third-order valence-corrected chi connectivity index (χ3v) is 2.41. The molecule has 0 saturated heterocycles. The van der Waals surface area contributed by atoms with Gasteiger partial charge >= 0.3 is 0 Å². The molecule has 4 heteroatoms. The molecule has 0 unspecified atom stereocenters. The zero-order valence-electron chi connectivity index (χ0n) is 8.78. The number of aromatic nitrogens is 1. The second-order valence-electron chi connectivity index (χ2n) is 3.27. The van der Waals surface area contributed by atoms with Crippen LogP contribution in [-0.4, -0.2) is 23.0 Å². The number of rotatable bonds is 5. The van der Waals surface area contributed by atoms with E-state index in [4.69, 9.17) is 16.9 Å². The van der Waals surface area contributed by atoms with E-state index in [1.54, 1.807) is 12.3 Å². The van der Waals surface area contributed by atoms with Crippen LogP contribution in [0.1, 0.15) is 18.9 Å². The van der Waals surface area contributed by atoms with E-state index in [9.17, 15) is 0 Å². The fourth-order valence-corrected chi connectivity index (χ4v) is 1.43. The Kier molecular flexibility index (Phi) is 5.09. The summed E-state index contributed by atoms with van der Waals surface area (Å²) in [4.78, 5) is 6.22. The average Bonchev–Trinajstić information content (AvgIpc) is 2.27. The van der Waals surface area contributed by atoms with Crippen molar-refractivity contribution in [1.82, 2.24) is 9.88 Å². The Morgan fingerprint density at radius 3 is 2.87 bits per heavy atom. The van der Waals surface area contributed by atoms with Crippen LogP contribution in [-0.2, 0) is 6.54 Å². The molecule has 0 amide bonds. The summed E-state index contributed by atoms with van der Waals surface area (Å²) in [6, 6.07) is 5.90. The van der Waals surface area contributed by atoms with E-state index in [0.29, 0.717) is 11.6 Å². The van der Waals surface area contributed by atoms with Crippen LogP contribution in [0.5, 0.6) is 0 Å². The summed E-state index contributed by atoms with van der Waals surface area (Å²) in [5, 5.41) is 9.02. The maximum atomic E-state index is 8.51. The van der Waals surface area contributed by atoms with E-state index in [1.807, 2.05) is 6.07 Å². The highest BCUT2D eigenvalue weighted by Crippen LogP contribution is 2.08. The molecule has 15 heavy (non-hydrogen) atoms. The Balaban J connectivity index is 2.51. The van der Waals surface area contributed by atoms with Crippen molar-refractivity contribution in [2.24, 2.45) is 0 Å². The largest absolute Gasteiger partial charge is 0.298 e. The van der Waals surface area contributed by atoms with Gasteiger partial charge in [-0.2, -0.15) is 5.26 Å². The molecule has 0 atom stereocenters. The Morgan fingerprint density at radius 2 is 2.33 bits per heavy atom. The van der Waals surface area contributed by atoms with Gasteiger partial charge in [0, 0.05) is 25.7 Å². The molecule has 1 heterocycles. The number of halogens is 1. The molecule has 1 aromatic rings. The Hall–Kier alpha value is -1.11. The molecule has 0 aliphatic rings. The zero-order chi connectivity index (χ0) is 11.1. The summed E-state index contributed by atoms with van der Waals surface area (Å²) in [7, 11) is 0. The number of hydrogen-bond acceptors (Lipinski definition) is 3. The molecule has 0 radical (unpaired) electrons. The van der Waals surface area contributed by atoms with Crippen LogP contribution in [0, 0.1) is 11.3 Å². The van der Waals surface area contributed by atoms with E-state index in [2.05, 4.69) is 22.9 Å². The summed E-state index contributed by atoms with van der Waals surface area (Å²) in [6.45, 7) is 4.64. The quantitative estimate of drug-likeness (QED) is 0.720. The second kappa shape index (κ2) is 6.39. The molecule has 0 N–H and O–H groups in total. The number of nitrogens with zero attached hydrogens (tertiary/aromatic N) is 3. The van der Waals surface area contributed by atoms with E-state index < -0.39 is 0 Å². The molecule has 1 aromatic heterocycles. The number of nitriles is 1. The van der Waals surface area contributed by atoms with Crippen LogP contribution >= 0.6 is 11.6 Å². The van der Waals surface area contributed by atoms with Gasteiger partial charge in [0.05, 0.1) is 6.07 Å². The molecule has 80 valence electrons. The first kappa shape index (κ1) is 12.0. The monoisotopic (exact) mass is 223 g/mol. The van der Waals surface area contributed by atoms with Crippen molar-refractivity contribution in [2.45, 2.75) is 19.9 Å². The topological polar surface area (TPSA) is 39.9 Å². The van der Waals surface area contributed by atoms with Crippen molar-refractivity contribution in [3.8, 4) is 6.07 Å².